The third-order valence-electron chi connectivity index (χ3n) is 4.77. The highest BCUT2D eigenvalue weighted by molar-refractivity contribution is 5.83. The first-order valence-electron chi connectivity index (χ1n) is 9.35. The van der Waals surface area contributed by atoms with Gasteiger partial charge in [0.25, 0.3) is 0 Å². The molecule has 0 aliphatic carbocycles. The zero-order chi connectivity index (χ0) is 19.1. The number of benzene rings is 2. The third kappa shape index (κ3) is 4.73. The van der Waals surface area contributed by atoms with Gasteiger partial charge in [-0.05, 0) is 42.2 Å². The fourth-order valence-electron chi connectivity index (χ4n) is 3.33. The van der Waals surface area contributed by atoms with Crippen molar-refractivity contribution in [1.82, 2.24) is 9.55 Å². The Hall–Kier alpha value is -3.13. The summed E-state index contributed by atoms with van der Waals surface area (Å²) < 4.78 is 2.16. The number of fused-ring (bicyclic) bond motifs is 1. The summed E-state index contributed by atoms with van der Waals surface area (Å²) in [5, 5.41) is 17.9. The van der Waals surface area contributed by atoms with Gasteiger partial charge in [-0.3, -0.25) is 4.79 Å². The van der Waals surface area contributed by atoms with Crippen molar-refractivity contribution in [1.29, 1.82) is 5.26 Å². The first kappa shape index (κ1) is 18.7. The van der Waals surface area contributed by atoms with Crippen LogP contribution in [0, 0.1) is 11.3 Å². The minimum absolute atomic E-state index is 0.267. The van der Waals surface area contributed by atoms with Crippen LogP contribution in [-0.2, 0) is 11.3 Å². The average molecular weight is 361 g/mol. The van der Waals surface area contributed by atoms with Crippen LogP contribution in [0.1, 0.15) is 44.1 Å². The Kier molecular flexibility index (Phi) is 6.22. The predicted molar refractivity (Wildman–Crippen MR) is 105 cm³/mol. The second-order valence-electron chi connectivity index (χ2n) is 6.71. The van der Waals surface area contributed by atoms with Crippen LogP contribution in [0.5, 0.6) is 0 Å². The fraction of sp³-hybridized carbons (Fsp3) is 0.318. The van der Waals surface area contributed by atoms with Crippen LogP contribution < -0.4 is 0 Å². The molecule has 27 heavy (non-hydrogen) atoms. The van der Waals surface area contributed by atoms with Gasteiger partial charge in [-0.15, -0.1) is 0 Å². The van der Waals surface area contributed by atoms with Crippen LogP contribution in [-0.4, -0.2) is 20.6 Å². The normalized spacial score (nSPS) is 10.8. The second kappa shape index (κ2) is 9.00. The van der Waals surface area contributed by atoms with E-state index in [9.17, 15) is 10.1 Å². The van der Waals surface area contributed by atoms with Gasteiger partial charge in [0.05, 0.1) is 29.0 Å². The fourth-order valence-corrected chi connectivity index (χ4v) is 3.33. The highest BCUT2D eigenvalue weighted by atomic mass is 16.4. The summed E-state index contributed by atoms with van der Waals surface area (Å²) in [6.45, 7) is 0.906. The van der Waals surface area contributed by atoms with Gasteiger partial charge in [-0.1, -0.05) is 43.5 Å². The third-order valence-corrected chi connectivity index (χ3v) is 4.77. The number of carbonyl (C=O) groups is 1. The van der Waals surface area contributed by atoms with E-state index in [1.165, 1.54) is 0 Å². The quantitative estimate of drug-likeness (QED) is 0.544. The first-order valence-corrected chi connectivity index (χ1v) is 9.35. The number of imidazole rings is 1. The van der Waals surface area contributed by atoms with Crippen molar-refractivity contribution in [3.63, 3.8) is 0 Å². The van der Waals surface area contributed by atoms with Gasteiger partial charge in [0, 0.05) is 13.0 Å². The summed E-state index contributed by atoms with van der Waals surface area (Å²) in [7, 11) is 0. The number of rotatable bonds is 9. The molecule has 1 aromatic heterocycles. The van der Waals surface area contributed by atoms with E-state index in [0.29, 0.717) is 5.56 Å². The number of carboxylic acid groups (broad SMARTS) is 1. The molecule has 5 nitrogen and oxygen atoms in total. The standard InChI is InChI=1S/C22H23N3O2/c23-15-18-8-5-6-9-19(18)17-11-12-21-20(14-17)24-16-25(21)13-7-3-1-2-4-10-22(26)27/h5-6,8-9,11-12,14,16H,1-4,7,10,13H2,(H,26,27). The minimum atomic E-state index is -0.711. The molecule has 0 fully saturated rings. The number of aliphatic carboxylic acids is 1. The van der Waals surface area contributed by atoms with Crippen molar-refractivity contribution in [2.24, 2.45) is 0 Å². The van der Waals surface area contributed by atoms with Gasteiger partial charge in [-0.25, -0.2) is 4.98 Å². The van der Waals surface area contributed by atoms with Crippen LogP contribution in [0.25, 0.3) is 22.2 Å². The average Bonchev–Trinajstić information content (AvgIpc) is 3.09. The molecule has 3 rings (SSSR count). The van der Waals surface area contributed by atoms with E-state index in [1.807, 2.05) is 42.7 Å². The van der Waals surface area contributed by atoms with Gasteiger partial charge in [0.1, 0.15) is 0 Å². The van der Waals surface area contributed by atoms with Crippen LogP contribution in [0.4, 0.5) is 0 Å². The maximum atomic E-state index is 10.5. The molecule has 0 aliphatic rings. The highest BCUT2D eigenvalue weighted by Crippen LogP contribution is 2.26. The molecule has 1 N–H and O–H groups in total. The molecule has 2 aromatic carbocycles. The number of carboxylic acids is 1. The van der Waals surface area contributed by atoms with Gasteiger partial charge in [0.2, 0.25) is 0 Å². The number of hydrogen-bond acceptors (Lipinski definition) is 3. The largest absolute Gasteiger partial charge is 0.481 e. The Labute approximate surface area is 158 Å². The van der Waals surface area contributed by atoms with Gasteiger partial charge < -0.3 is 9.67 Å². The van der Waals surface area contributed by atoms with Gasteiger partial charge in [-0.2, -0.15) is 5.26 Å². The number of unbranched alkanes of at least 4 members (excludes halogenated alkanes) is 4. The lowest BCUT2D eigenvalue weighted by Crippen LogP contribution is -1.97. The maximum Gasteiger partial charge on any atom is 0.303 e. The smallest absolute Gasteiger partial charge is 0.303 e. The lowest BCUT2D eigenvalue weighted by molar-refractivity contribution is -0.137. The van der Waals surface area contributed by atoms with Crippen LogP contribution in [0.3, 0.4) is 0 Å². The first-order chi connectivity index (χ1) is 13.2. The molecular formula is C22H23N3O2. The molecule has 0 amide bonds. The molecule has 0 unspecified atom stereocenters. The molecule has 0 atom stereocenters. The molecule has 0 saturated carbocycles. The van der Waals surface area contributed by atoms with E-state index >= 15 is 0 Å². The molecular weight excluding hydrogens is 338 g/mol. The Morgan fingerprint density at radius 2 is 1.85 bits per heavy atom. The second-order valence-corrected chi connectivity index (χ2v) is 6.71. The SMILES string of the molecule is N#Cc1ccccc1-c1ccc2c(c1)ncn2CCCCCCCC(=O)O. The monoisotopic (exact) mass is 361 g/mol. The van der Waals surface area contributed by atoms with E-state index in [2.05, 4.69) is 21.7 Å². The van der Waals surface area contributed by atoms with Gasteiger partial charge in [0.15, 0.2) is 0 Å². The number of hydrogen-bond donors (Lipinski definition) is 1. The lowest BCUT2D eigenvalue weighted by atomic mass is 10.00. The molecule has 138 valence electrons. The molecule has 0 aliphatic heterocycles. The molecule has 1 heterocycles. The highest BCUT2D eigenvalue weighted by Gasteiger charge is 2.08. The summed E-state index contributed by atoms with van der Waals surface area (Å²) in [6.07, 6.45) is 7.08. The Bertz CT molecular complexity index is 969. The summed E-state index contributed by atoms with van der Waals surface area (Å²) in [5.74, 6) is -0.711. The predicted octanol–water partition coefficient (Wildman–Crippen LogP) is 5.00. The molecule has 0 spiro atoms. The number of aromatic nitrogens is 2. The van der Waals surface area contributed by atoms with E-state index < -0.39 is 5.97 Å². The van der Waals surface area contributed by atoms with Crippen molar-refractivity contribution >= 4 is 17.0 Å². The molecule has 0 saturated heterocycles. The van der Waals surface area contributed by atoms with Crippen molar-refractivity contribution in [3.8, 4) is 17.2 Å². The zero-order valence-electron chi connectivity index (χ0n) is 15.3. The van der Waals surface area contributed by atoms with E-state index in [-0.39, 0.29) is 6.42 Å². The minimum Gasteiger partial charge on any atom is -0.481 e. The molecule has 0 bridgehead atoms. The molecule has 5 heteroatoms. The lowest BCUT2D eigenvalue weighted by Gasteiger charge is -2.06. The van der Waals surface area contributed by atoms with Gasteiger partial charge >= 0.3 is 5.97 Å². The summed E-state index contributed by atoms with van der Waals surface area (Å²) in [5.41, 5.74) is 4.63. The number of aryl methyl sites for hydroxylation is 1. The zero-order valence-corrected chi connectivity index (χ0v) is 15.3. The maximum absolute atomic E-state index is 10.5. The molecule has 3 aromatic rings. The van der Waals surface area contributed by atoms with E-state index in [0.717, 1.165) is 60.8 Å². The number of nitrogens with zero attached hydrogens (tertiary/aromatic N) is 3. The molecule has 0 radical (unpaired) electrons. The topological polar surface area (TPSA) is 78.9 Å². The van der Waals surface area contributed by atoms with E-state index in [4.69, 9.17) is 5.11 Å². The van der Waals surface area contributed by atoms with Crippen molar-refractivity contribution in [3.05, 3.63) is 54.4 Å². The van der Waals surface area contributed by atoms with Crippen LogP contribution in [0.15, 0.2) is 48.8 Å². The van der Waals surface area contributed by atoms with Crippen LogP contribution in [0.2, 0.25) is 0 Å². The van der Waals surface area contributed by atoms with E-state index in [1.54, 1.807) is 0 Å². The van der Waals surface area contributed by atoms with Crippen LogP contribution >= 0.6 is 0 Å². The Balaban J connectivity index is 1.61. The van der Waals surface area contributed by atoms with Crippen molar-refractivity contribution in [2.45, 2.75) is 45.1 Å². The number of nitriles is 1. The summed E-state index contributed by atoms with van der Waals surface area (Å²) >= 11 is 0. The summed E-state index contributed by atoms with van der Waals surface area (Å²) in [4.78, 5) is 15.0. The van der Waals surface area contributed by atoms with Crippen molar-refractivity contribution in [2.75, 3.05) is 0 Å². The van der Waals surface area contributed by atoms with Crippen molar-refractivity contribution < 1.29 is 9.90 Å². The summed E-state index contributed by atoms with van der Waals surface area (Å²) in [6, 6.07) is 16.0. The Morgan fingerprint density at radius 1 is 1.07 bits per heavy atom. The Morgan fingerprint density at radius 3 is 2.67 bits per heavy atom.